The molecule has 0 fully saturated rings. The first kappa shape index (κ1) is 17.4. The molecule has 4 rings (SSSR count). The van der Waals surface area contributed by atoms with Gasteiger partial charge in [-0.25, -0.2) is 4.98 Å². The fourth-order valence-corrected chi connectivity index (χ4v) is 4.09. The van der Waals surface area contributed by atoms with E-state index in [4.69, 9.17) is 0 Å². The van der Waals surface area contributed by atoms with Gasteiger partial charge >= 0.3 is 6.36 Å². The van der Waals surface area contributed by atoms with E-state index in [1.807, 2.05) is 16.2 Å². The van der Waals surface area contributed by atoms with E-state index < -0.39 is 6.36 Å². The molecule has 0 unspecified atom stereocenters. The van der Waals surface area contributed by atoms with Crippen molar-refractivity contribution >= 4 is 52.3 Å². The molecule has 0 saturated carbocycles. The van der Waals surface area contributed by atoms with E-state index in [0.717, 1.165) is 16.6 Å². The molecule has 132 valence electrons. The summed E-state index contributed by atoms with van der Waals surface area (Å²) in [5.74, 6) is -0.322. The maximum atomic E-state index is 12.8. The largest absolute Gasteiger partial charge is 0.573 e. The minimum atomic E-state index is -4.79. The van der Waals surface area contributed by atoms with Gasteiger partial charge in [0.1, 0.15) is 5.52 Å². The van der Waals surface area contributed by atoms with Crippen molar-refractivity contribution in [2.75, 3.05) is 0 Å². The van der Waals surface area contributed by atoms with Gasteiger partial charge in [0, 0.05) is 65.3 Å². The highest BCUT2D eigenvalue weighted by atomic mass is 127. The molecule has 3 aromatic heterocycles. The third kappa shape index (κ3) is 3.20. The van der Waals surface area contributed by atoms with E-state index in [1.165, 1.54) is 21.4 Å². The molecule has 0 bridgehead atoms. The van der Waals surface area contributed by atoms with Gasteiger partial charge in [-0.3, -0.25) is 8.96 Å². The number of rotatable bonds is 3. The van der Waals surface area contributed by atoms with Crippen LogP contribution in [0.15, 0.2) is 55.0 Å². The van der Waals surface area contributed by atoms with Crippen LogP contribution in [0.1, 0.15) is 0 Å². The Kier molecular flexibility index (Phi) is 4.43. The topological polar surface area (TPSA) is 39.9 Å². The van der Waals surface area contributed by atoms with Crippen molar-refractivity contribution in [3.63, 3.8) is 0 Å². The van der Waals surface area contributed by atoms with Gasteiger partial charge in [-0.1, -0.05) is 6.07 Å². The van der Waals surface area contributed by atoms with Gasteiger partial charge in [0.05, 0.1) is 0 Å². The fraction of sp³-hybridized carbons (Fsp3) is 0.0588. The van der Waals surface area contributed by atoms with Crippen LogP contribution in [-0.2, 0) is 0 Å². The smallest absolute Gasteiger partial charge is 0.403 e. The number of hydrogen-bond donors (Lipinski definition) is 0. The lowest BCUT2D eigenvalue weighted by Gasteiger charge is -2.12. The van der Waals surface area contributed by atoms with Gasteiger partial charge in [-0.05, 0) is 35.9 Å². The zero-order chi connectivity index (χ0) is 18.3. The first-order valence-corrected chi connectivity index (χ1v) is 10.7. The first-order chi connectivity index (χ1) is 12.5. The maximum absolute atomic E-state index is 12.8. The molecule has 0 amide bonds. The Bertz CT molecular complexity index is 1110. The van der Waals surface area contributed by atoms with Crippen molar-refractivity contribution in [2.45, 2.75) is 6.36 Å². The molecule has 9 heteroatoms. The van der Waals surface area contributed by atoms with Crippen molar-refractivity contribution in [2.24, 2.45) is 0 Å². The van der Waals surface area contributed by atoms with Crippen LogP contribution in [-0.4, -0.2) is 20.3 Å². The van der Waals surface area contributed by atoms with Crippen molar-refractivity contribution in [3.05, 3.63) is 55.0 Å². The highest BCUT2D eigenvalue weighted by Gasteiger charge is 2.32. The molecule has 0 spiro atoms. The summed E-state index contributed by atoms with van der Waals surface area (Å²) in [6, 6.07) is 10.2. The number of fused-ring (bicyclic) bond motifs is 2. The van der Waals surface area contributed by atoms with E-state index in [-0.39, 0.29) is 11.3 Å². The number of benzene rings is 1. The van der Waals surface area contributed by atoms with E-state index >= 15 is 0 Å². The fourth-order valence-electron chi connectivity index (χ4n) is 2.83. The number of halogens is 4. The summed E-state index contributed by atoms with van der Waals surface area (Å²) in [5, 5.41) is 1.41. The van der Waals surface area contributed by atoms with Crippen LogP contribution in [0, 0.1) is 0 Å². The summed E-state index contributed by atoms with van der Waals surface area (Å²) in [6.45, 7) is 0. The Morgan fingerprint density at radius 1 is 1.08 bits per heavy atom. The van der Waals surface area contributed by atoms with Gasteiger partial charge in [0.15, 0.2) is 11.4 Å². The van der Waals surface area contributed by atoms with Gasteiger partial charge < -0.3 is 4.74 Å². The highest BCUT2D eigenvalue weighted by Crippen LogP contribution is 2.38. The second-order valence-corrected chi connectivity index (χ2v) is 7.12. The molecule has 3 heterocycles. The molecule has 0 aliphatic carbocycles. The van der Waals surface area contributed by atoms with E-state index in [0.29, 0.717) is 10.9 Å². The summed E-state index contributed by atoms with van der Waals surface area (Å²) in [7, 11) is 1.43. The van der Waals surface area contributed by atoms with Crippen molar-refractivity contribution < 1.29 is 17.9 Å². The number of aromatic nitrogens is 3. The number of nitrogens with zero attached hydrogens (tertiary/aromatic N) is 3. The zero-order valence-corrected chi connectivity index (χ0v) is 15.8. The lowest BCUT2D eigenvalue weighted by molar-refractivity contribution is -0.274. The van der Waals surface area contributed by atoms with Crippen molar-refractivity contribution in [3.8, 4) is 16.9 Å². The predicted octanol–water partition coefficient (Wildman–Crippen LogP) is 6.00. The number of alkyl halides is 3. The Hall–Kier alpha value is -2.01. The molecule has 26 heavy (non-hydrogen) atoms. The Labute approximate surface area is 162 Å². The van der Waals surface area contributed by atoms with Crippen molar-refractivity contribution in [1.29, 1.82) is 0 Å². The lowest BCUT2D eigenvalue weighted by Crippen LogP contribution is -2.17. The monoisotopic (exact) mass is 487 g/mol. The second kappa shape index (κ2) is 6.62. The van der Waals surface area contributed by atoms with Crippen molar-refractivity contribution in [1.82, 2.24) is 13.9 Å². The summed E-state index contributed by atoms with van der Waals surface area (Å²) in [4.78, 5) is 8.39. The SMILES string of the molecule is FC(F)(F)Oc1cc(-c2cn(SI)c3ncccc23)cc2cccnc12. The van der Waals surface area contributed by atoms with Crippen LogP contribution in [0.2, 0.25) is 0 Å². The number of ether oxygens (including phenoxy) is 1. The molecule has 0 N–H and O–H groups in total. The van der Waals surface area contributed by atoms with Crippen LogP contribution >= 0.6 is 30.3 Å². The van der Waals surface area contributed by atoms with Crippen LogP contribution in [0.25, 0.3) is 33.1 Å². The van der Waals surface area contributed by atoms with E-state index in [1.54, 1.807) is 30.5 Å². The van der Waals surface area contributed by atoms with Gasteiger partial charge in [0.2, 0.25) is 0 Å². The standard InChI is InChI=1S/C17H9F3IN3OS/c18-17(19,20)25-14-8-11(7-10-3-1-5-22-15(10)14)13-9-24(26-21)16-12(13)4-2-6-23-16/h1-9H. The third-order valence-corrected chi connectivity index (χ3v) is 5.51. The summed E-state index contributed by atoms with van der Waals surface area (Å²) in [6.07, 6.45) is 0.173. The van der Waals surface area contributed by atoms with Crippen LogP contribution in [0.5, 0.6) is 5.75 Å². The zero-order valence-electron chi connectivity index (χ0n) is 12.9. The Morgan fingerprint density at radius 2 is 1.85 bits per heavy atom. The molecule has 0 aliphatic heterocycles. The highest BCUT2D eigenvalue weighted by molar-refractivity contribution is 14.2. The summed E-state index contributed by atoms with van der Waals surface area (Å²) in [5.41, 5.74) is 2.28. The van der Waals surface area contributed by atoms with Crippen LogP contribution in [0.3, 0.4) is 0 Å². The molecule has 0 radical (unpaired) electrons. The van der Waals surface area contributed by atoms with Crippen LogP contribution in [0.4, 0.5) is 13.2 Å². The quantitative estimate of drug-likeness (QED) is 0.333. The van der Waals surface area contributed by atoms with E-state index in [9.17, 15) is 13.2 Å². The van der Waals surface area contributed by atoms with Crippen LogP contribution < -0.4 is 4.74 Å². The van der Waals surface area contributed by atoms with Gasteiger partial charge in [-0.15, -0.1) is 13.2 Å². The third-order valence-electron chi connectivity index (χ3n) is 3.81. The summed E-state index contributed by atoms with van der Waals surface area (Å²) < 4.78 is 44.6. The lowest BCUT2D eigenvalue weighted by atomic mass is 10.0. The Balaban J connectivity index is 1.98. The molecular formula is C17H9F3IN3OS. The average molecular weight is 487 g/mol. The van der Waals surface area contributed by atoms with E-state index in [2.05, 4.69) is 35.9 Å². The number of pyridine rings is 2. The van der Waals surface area contributed by atoms with Gasteiger partial charge in [-0.2, -0.15) is 0 Å². The summed E-state index contributed by atoms with van der Waals surface area (Å²) >= 11 is 2.13. The average Bonchev–Trinajstić information content (AvgIpc) is 2.99. The number of hydrogen-bond acceptors (Lipinski definition) is 4. The first-order valence-electron chi connectivity index (χ1n) is 7.36. The molecule has 0 atom stereocenters. The molecule has 0 aliphatic rings. The maximum Gasteiger partial charge on any atom is 0.573 e. The second-order valence-electron chi connectivity index (χ2n) is 5.41. The van der Waals surface area contributed by atoms with Gasteiger partial charge in [0.25, 0.3) is 0 Å². The molecule has 1 aromatic carbocycles. The minimum Gasteiger partial charge on any atom is -0.403 e. The normalized spacial score (nSPS) is 12.0. The molecule has 0 saturated heterocycles. The molecular weight excluding hydrogens is 478 g/mol. The molecule has 4 aromatic rings. The predicted molar refractivity (Wildman–Crippen MR) is 104 cm³/mol. The Morgan fingerprint density at radius 3 is 2.62 bits per heavy atom. The minimum absolute atomic E-state index is 0.165. The molecule has 4 nitrogen and oxygen atoms in total.